The standard InChI is InChI=1S/C14H22N2O2/c1-5-11-12(9-7-6-8-10-15-4)18-14(2,3)13(17)16-11/h5,7,9,15H,1,6,8,10H2,2-4H3,(H,16,17)/b9-7-. The molecule has 0 radical (unpaired) electrons. The second-order valence-corrected chi connectivity index (χ2v) is 4.70. The van der Waals surface area contributed by atoms with E-state index in [0.717, 1.165) is 19.4 Å². The van der Waals surface area contributed by atoms with Gasteiger partial charge in [0.25, 0.3) is 5.91 Å². The van der Waals surface area contributed by atoms with E-state index in [1.165, 1.54) is 0 Å². The van der Waals surface area contributed by atoms with Crippen molar-refractivity contribution in [2.24, 2.45) is 0 Å². The molecule has 0 saturated heterocycles. The lowest BCUT2D eigenvalue weighted by Gasteiger charge is -2.31. The normalized spacial score (nSPS) is 18.7. The predicted molar refractivity (Wildman–Crippen MR) is 72.8 cm³/mol. The summed E-state index contributed by atoms with van der Waals surface area (Å²) < 4.78 is 5.69. The highest BCUT2D eigenvalue weighted by Crippen LogP contribution is 2.23. The Balaban J connectivity index is 2.71. The lowest BCUT2D eigenvalue weighted by Crippen LogP contribution is -2.47. The molecule has 1 aliphatic rings. The molecule has 0 aliphatic carbocycles. The average molecular weight is 250 g/mol. The Morgan fingerprint density at radius 1 is 1.50 bits per heavy atom. The van der Waals surface area contributed by atoms with Crippen molar-refractivity contribution in [3.05, 3.63) is 36.3 Å². The molecule has 0 fully saturated rings. The monoisotopic (exact) mass is 250 g/mol. The highest BCUT2D eigenvalue weighted by molar-refractivity contribution is 5.87. The fourth-order valence-corrected chi connectivity index (χ4v) is 1.57. The van der Waals surface area contributed by atoms with Crippen molar-refractivity contribution >= 4 is 5.91 Å². The van der Waals surface area contributed by atoms with Crippen molar-refractivity contribution in [3.63, 3.8) is 0 Å². The number of nitrogens with one attached hydrogen (secondary N) is 2. The van der Waals surface area contributed by atoms with Crippen molar-refractivity contribution in [2.45, 2.75) is 32.3 Å². The smallest absolute Gasteiger partial charge is 0.268 e. The fraction of sp³-hybridized carbons (Fsp3) is 0.500. The quantitative estimate of drug-likeness (QED) is 0.708. The van der Waals surface area contributed by atoms with Gasteiger partial charge in [-0.1, -0.05) is 12.7 Å². The Labute approximate surface area is 109 Å². The largest absolute Gasteiger partial charge is 0.476 e. The second kappa shape index (κ2) is 6.40. The molecule has 100 valence electrons. The number of amides is 1. The van der Waals surface area contributed by atoms with E-state index in [9.17, 15) is 4.79 Å². The molecule has 2 N–H and O–H groups in total. The Kier molecular flexibility index (Phi) is 5.16. The second-order valence-electron chi connectivity index (χ2n) is 4.70. The number of carbonyl (C=O) groups excluding carboxylic acids is 1. The van der Waals surface area contributed by atoms with Crippen LogP contribution in [0.5, 0.6) is 0 Å². The van der Waals surface area contributed by atoms with Gasteiger partial charge >= 0.3 is 0 Å². The molecule has 1 rings (SSSR count). The highest BCUT2D eigenvalue weighted by Gasteiger charge is 2.35. The van der Waals surface area contributed by atoms with Gasteiger partial charge in [-0.25, -0.2) is 0 Å². The van der Waals surface area contributed by atoms with Crippen molar-refractivity contribution in [1.29, 1.82) is 0 Å². The summed E-state index contributed by atoms with van der Waals surface area (Å²) in [6, 6.07) is 0. The number of hydrogen-bond acceptors (Lipinski definition) is 3. The molecule has 0 aromatic carbocycles. The first kappa shape index (κ1) is 14.5. The molecule has 1 heterocycles. The topological polar surface area (TPSA) is 50.4 Å². The van der Waals surface area contributed by atoms with Gasteiger partial charge < -0.3 is 15.4 Å². The first-order chi connectivity index (χ1) is 8.51. The van der Waals surface area contributed by atoms with Crippen LogP contribution < -0.4 is 10.6 Å². The molecule has 0 saturated carbocycles. The number of unbranched alkanes of at least 4 members (excludes halogenated alkanes) is 1. The molecule has 1 aliphatic heterocycles. The van der Waals surface area contributed by atoms with Crippen LogP contribution in [-0.2, 0) is 9.53 Å². The first-order valence-corrected chi connectivity index (χ1v) is 6.19. The Morgan fingerprint density at radius 3 is 2.83 bits per heavy atom. The van der Waals surface area contributed by atoms with Crippen LogP contribution in [0.15, 0.2) is 36.3 Å². The molecule has 0 atom stereocenters. The zero-order chi connectivity index (χ0) is 13.6. The molecule has 1 amide bonds. The van der Waals surface area contributed by atoms with Gasteiger partial charge in [0.1, 0.15) is 5.76 Å². The number of carbonyl (C=O) groups is 1. The van der Waals surface area contributed by atoms with Gasteiger partial charge in [-0.05, 0) is 52.4 Å². The van der Waals surface area contributed by atoms with Gasteiger partial charge in [-0.3, -0.25) is 4.79 Å². The molecule has 0 aromatic heterocycles. The van der Waals surface area contributed by atoms with Gasteiger partial charge in [0, 0.05) is 0 Å². The van der Waals surface area contributed by atoms with E-state index in [1.807, 2.05) is 19.2 Å². The molecule has 0 unspecified atom stereocenters. The van der Waals surface area contributed by atoms with Crippen LogP contribution in [-0.4, -0.2) is 25.1 Å². The number of allylic oxidation sites excluding steroid dienone is 3. The minimum atomic E-state index is -0.836. The summed E-state index contributed by atoms with van der Waals surface area (Å²) >= 11 is 0. The molecule has 0 aromatic rings. The Morgan fingerprint density at radius 2 is 2.22 bits per heavy atom. The summed E-state index contributed by atoms with van der Waals surface area (Å²) in [6.07, 6.45) is 7.57. The predicted octanol–water partition coefficient (Wildman–Crippen LogP) is 1.86. The van der Waals surface area contributed by atoms with Crippen LogP contribution in [0.4, 0.5) is 0 Å². The van der Waals surface area contributed by atoms with Crippen LogP contribution in [0.1, 0.15) is 26.7 Å². The fourth-order valence-electron chi connectivity index (χ4n) is 1.57. The minimum absolute atomic E-state index is 0.148. The summed E-state index contributed by atoms with van der Waals surface area (Å²) in [7, 11) is 1.93. The Bertz CT molecular complexity index is 381. The number of ether oxygens (including phenoxy) is 1. The van der Waals surface area contributed by atoms with Crippen LogP contribution in [0.3, 0.4) is 0 Å². The maximum Gasteiger partial charge on any atom is 0.268 e. The summed E-state index contributed by atoms with van der Waals surface area (Å²) in [5.41, 5.74) is -0.207. The van der Waals surface area contributed by atoms with E-state index in [4.69, 9.17) is 4.74 Å². The van der Waals surface area contributed by atoms with Crippen LogP contribution >= 0.6 is 0 Å². The van der Waals surface area contributed by atoms with E-state index in [1.54, 1.807) is 19.9 Å². The van der Waals surface area contributed by atoms with Gasteiger partial charge in [0.2, 0.25) is 0 Å². The Hall–Kier alpha value is -1.55. The lowest BCUT2D eigenvalue weighted by atomic mass is 10.1. The average Bonchev–Trinajstić information content (AvgIpc) is 2.32. The van der Waals surface area contributed by atoms with E-state index in [-0.39, 0.29) is 5.91 Å². The maximum atomic E-state index is 11.7. The molecule has 0 bridgehead atoms. The zero-order valence-electron chi connectivity index (χ0n) is 11.4. The van der Waals surface area contributed by atoms with E-state index < -0.39 is 5.60 Å². The van der Waals surface area contributed by atoms with Crippen molar-refractivity contribution in [3.8, 4) is 0 Å². The number of rotatable bonds is 6. The summed E-state index contributed by atoms with van der Waals surface area (Å²) in [5.74, 6) is 0.517. The first-order valence-electron chi connectivity index (χ1n) is 6.19. The maximum absolute atomic E-state index is 11.7. The third-order valence-electron chi connectivity index (χ3n) is 2.70. The third kappa shape index (κ3) is 3.74. The summed E-state index contributed by atoms with van der Waals surface area (Å²) in [5, 5.41) is 5.89. The SMILES string of the molecule is C=CC1=C(/C=C\CCCNC)OC(C)(C)C(=O)N1. The van der Waals surface area contributed by atoms with Crippen molar-refractivity contribution in [2.75, 3.05) is 13.6 Å². The van der Waals surface area contributed by atoms with Crippen LogP contribution in [0.2, 0.25) is 0 Å². The minimum Gasteiger partial charge on any atom is -0.476 e. The van der Waals surface area contributed by atoms with E-state index in [0.29, 0.717) is 11.5 Å². The highest BCUT2D eigenvalue weighted by atomic mass is 16.5. The summed E-state index contributed by atoms with van der Waals surface area (Å²) in [6.45, 7) is 8.16. The van der Waals surface area contributed by atoms with E-state index in [2.05, 4.69) is 17.2 Å². The molecule has 18 heavy (non-hydrogen) atoms. The molecular formula is C14H22N2O2. The van der Waals surface area contributed by atoms with Gasteiger partial charge in [0.15, 0.2) is 5.60 Å². The van der Waals surface area contributed by atoms with E-state index >= 15 is 0 Å². The molecular weight excluding hydrogens is 228 g/mol. The zero-order valence-corrected chi connectivity index (χ0v) is 11.4. The van der Waals surface area contributed by atoms with Gasteiger partial charge in [-0.2, -0.15) is 0 Å². The number of hydrogen-bond donors (Lipinski definition) is 2. The molecule has 4 nitrogen and oxygen atoms in total. The third-order valence-corrected chi connectivity index (χ3v) is 2.70. The van der Waals surface area contributed by atoms with Crippen molar-refractivity contribution in [1.82, 2.24) is 10.6 Å². The van der Waals surface area contributed by atoms with Crippen LogP contribution in [0.25, 0.3) is 0 Å². The van der Waals surface area contributed by atoms with Gasteiger partial charge in [-0.15, -0.1) is 0 Å². The van der Waals surface area contributed by atoms with Crippen molar-refractivity contribution < 1.29 is 9.53 Å². The lowest BCUT2D eigenvalue weighted by molar-refractivity contribution is -0.139. The molecule has 4 heteroatoms. The van der Waals surface area contributed by atoms with Crippen LogP contribution in [0, 0.1) is 0 Å². The summed E-state index contributed by atoms with van der Waals surface area (Å²) in [4.78, 5) is 11.7. The molecule has 0 spiro atoms. The van der Waals surface area contributed by atoms with Gasteiger partial charge in [0.05, 0.1) is 5.70 Å².